The standard InChI is InChI=1S/C20H19NO3S2/c1-13(14-7-5-4-6-8-14)21-19(22)18(26-20(21)25)11-15-9-10-16(23-2)12-17(15)24-3/h4-13H,1-3H3/b18-11-/t13-/m0/s1. The second kappa shape index (κ2) is 7.93. The molecule has 6 heteroatoms. The predicted molar refractivity (Wildman–Crippen MR) is 109 cm³/mol. The molecule has 134 valence electrons. The third-order valence-corrected chi connectivity index (χ3v) is 5.55. The Balaban J connectivity index is 1.90. The topological polar surface area (TPSA) is 38.8 Å². The van der Waals surface area contributed by atoms with Gasteiger partial charge in [0, 0.05) is 11.6 Å². The molecule has 0 N–H and O–H groups in total. The van der Waals surface area contributed by atoms with Gasteiger partial charge in [-0.25, -0.2) is 0 Å². The van der Waals surface area contributed by atoms with Crippen molar-refractivity contribution in [3.8, 4) is 11.5 Å². The van der Waals surface area contributed by atoms with Crippen molar-refractivity contribution in [1.29, 1.82) is 0 Å². The van der Waals surface area contributed by atoms with E-state index in [1.54, 1.807) is 25.2 Å². The fourth-order valence-corrected chi connectivity index (χ4v) is 4.18. The van der Waals surface area contributed by atoms with Crippen LogP contribution >= 0.6 is 24.0 Å². The molecule has 0 bridgehead atoms. The van der Waals surface area contributed by atoms with Crippen LogP contribution in [-0.4, -0.2) is 29.3 Å². The van der Waals surface area contributed by atoms with Gasteiger partial charge in [-0.2, -0.15) is 0 Å². The highest BCUT2D eigenvalue weighted by molar-refractivity contribution is 8.26. The van der Waals surface area contributed by atoms with E-state index in [2.05, 4.69) is 0 Å². The molecule has 1 aliphatic rings. The smallest absolute Gasteiger partial charge is 0.266 e. The van der Waals surface area contributed by atoms with Gasteiger partial charge in [-0.15, -0.1) is 0 Å². The molecule has 0 aromatic heterocycles. The molecule has 3 rings (SSSR count). The summed E-state index contributed by atoms with van der Waals surface area (Å²) in [5.74, 6) is 1.25. The highest BCUT2D eigenvalue weighted by Gasteiger charge is 2.36. The van der Waals surface area contributed by atoms with Gasteiger partial charge in [0.1, 0.15) is 15.8 Å². The molecular weight excluding hydrogens is 366 g/mol. The number of methoxy groups -OCH3 is 2. The largest absolute Gasteiger partial charge is 0.497 e. The third-order valence-electron chi connectivity index (χ3n) is 4.22. The molecule has 1 saturated heterocycles. The molecule has 0 spiro atoms. The van der Waals surface area contributed by atoms with E-state index >= 15 is 0 Å². The number of hydrogen-bond donors (Lipinski definition) is 0. The number of thiocarbonyl (C=S) groups is 1. The summed E-state index contributed by atoms with van der Waals surface area (Å²) < 4.78 is 11.2. The van der Waals surface area contributed by atoms with E-state index in [-0.39, 0.29) is 11.9 Å². The Morgan fingerprint density at radius 1 is 1.12 bits per heavy atom. The normalized spacial score (nSPS) is 16.9. The molecule has 0 aliphatic carbocycles. The lowest BCUT2D eigenvalue weighted by Crippen LogP contribution is -2.30. The van der Waals surface area contributed by atoms with E-state index < -0.39 is 0 Å². The first kappa shape index (κ1) is 18.5. The summed E-state index contributed by atoms with van der Waals surface area (Å²) in [6, 6.07) is 15.2. The van der Waals surface area contributed by atoms with Crippen LogP contribution in [0, 0.1) is 0 Å². The lowest BCUT2D eigenvalue weighted by atomic mass is 10.1. The zero-order chi connectivity index (χ0) is 18.7. The zero-order valence-electron chi connectivity index (χ0n) is 14.8. The number of hydrogen-bond acceptors (Lipinski definition) is 5. The van der Waals surface area contributed by atoms with Crippen LogP contribution in [0.15, 0.2) is 53.4 Å². The van der Waals surface area contributed by atoms with Crippen molar-refractivity contribution in [1.82, 2.24) is 4.90 Å². The molecule has 0 radical (unpaired) electrons. The Morgan fingerprint density at radius 3 is 2.50 bits per heavy atom. The number of carbonyl (C=O) groups is 1. The van der Waals surface area contributed by atoms with Crippen LogP contribution in [0.3, 0.4) is 0 Å². The maximum atomic E-state index is 12.9. The van der Waals surface area contributed by atoms with Crippen LogP contribution in [0.4, 0.5) is 0 Å². The maximum Gasteiger partial charge on any atom is 0.266 e. The molecule has 2 aromatic rings. The lowest BCUT2D eigenvalue weighted by Gasteiger charge is -2.23. The number of amides is 1. The van der Waals surface area contributed by atoms with Crippen molar-refractivity contribution >= 4 is 40.3 Å². The van der Waals surface area contributed by atoms with Gasteiger partial charge in [0.25, 0.3) is 5.91 Å². The van der Waals surface area contributed by atoms with Crippen LogP contribution in [0.5, 0.6) is 11.5 Å². The molecule has 4 nitrogen and oxygen atoms in total. The summed E-state index contributed by atoms with van der Waals surface area (Å²) in [6.07, 6.45) is 1.81. The number of carbonyl (C=O) groups excluding carboxylic acids is 1. The average Bonchev–Trinajstić information content (AvgIpc) is 2.95. The minimum Gasteiger partial charge on any atom is -0.497 e. The zero-order valence-corrected chi connectivity index (χ0v) is 16.4. The van der Waals surface area contributed by atoms with Crippen molar-refractivity contribution in [2.24, 2.45) is 0 Å². The fourth-order valence-electron chi connectivity index (χ4n) is 2.77. The van der Waals surface area contributed by atoms with E-state index in [1.807, 2.05) is 55.5 Å². The average molecular weight is 386 g/mol. The van der Waals surface area contributed by atoms with Gasteiger partial charge in [0.2, 0.25) is 0 Å². The van der Waals surface area contributed by atoms with Crippen molar-refractivity contribution < 1.29 is 14.3 Å². The molecule has 1 fully saturated rings. The second-order valence-electron chi connectivity index (χ2n) is 5.75. The van der Waals surface area contributed by atoms with Crippen molar-refractivity contribution in [3.63, 3.8) is 0 Å². The minimum absolute atomic E-state index is 0.0887. The van der Waals surface area contributed by atoms with Gasteiger partial charge < -0.3 is 9.47 Å². The molecule has 1 atom stereocenters. The fraction of sp³-hybridized carbons (Fsp3) is 0.200. The predicted octanol–water partition coefficient (Wildman–Crippen LogP) is 4.67. The Bertz CT molecular complexity index is 865. The van der Waals surface area contributed by atoms with Crippen LogP contribution in [0.2, 0.25) is 0 Å². The van der Waals surface area contributed by atoms with Crippen LogP contribution in [0.25, 0.3) is 6.08 Å². The summed E-state index contributed by atoms with van der Waals surface area (Å²) in [4.78, 5) is 15.2. The first-order valence-electron chi connectivity index (χ1n) is 8.09. The SMILES string of the molecule is COc1ccc(/C=C2\SC(=S)N([C@@H](C)c3ccccc3)C2=O)c(OC)c1. The Labute approximate surface area is 162 Å². The van der Waals surface area contributed by atoms with Gasteiger partial charge in [0.15, 0.2) is 0 Å². The molecule has 1 aliphatic heterocycles. The van der Waals surface area contributed by atoms with Gasteiger partial charge in [0.05, 0.1) is 25.2 Å². The van der Waals surface area contributed by atoms with Crippen LogP contribution < -0.4 is 9.47 Å². The van der Waals surface area contributed by atoms with E-state index in [0.717, 1.165) is 11.1 Å². The Morgan fingerprint density at radius 2 is 1.85 bits per heavy atom. The first-order chi connectivity index (χ1) is 12.5. The quantitative estimate of drug-likeness (QED) is 0.553. The van der Waals surface area contributed by atoms with E-state index in [0.29, 0.717) is 20.7 Å². The van der Waals surface area contributed by atoms with Gasteiger partial charge >= 0.3 is 0 Å². The lowest BCUT2D eigenvalue weighted by molar-refractivity contribution is -0.123. The van der Waals surface area contributed by atoms with E-state index in [4.69, 9.17) is 21.7 Å². The number of ether oxygens (including phenoxy) is 2. The molecule has 0 saturated carbocycles. The Hall–Kier alpha value is -2.31. The summed E-state index contributed by atoms with van der Waals surface area (Å²) in [6.45, 7) is 1.98. The number of thioether (sulfide) groups is 1. The number of nitrogens with zero attached hydrogens (tertiary/aromatic N) is 1. The molecule has 1 heterocycles. The second-order valence-corrected chi connectivity index (χ2v) is 7.42. The molecule has 0 unspecified atom stereocenters. The molecular formula is C20H19NO3S2. The summed E-state index contributed by atoms with van der Waals surface area (Å²) in [5.41, 5.74) is 1.85. The van der Waals surface area contributed by atoms with Crippen LogP contribution in [0.1, 0.15) is 24.1 Å². The number of benzene rings is 2. The highest BCUT2D eigenvalue weighted by atomic mass is 32.2. The minimum atomic E-state index is -0.118. The monoisotopic (exact) mass is 385 g/mol. The summed E-state index contributed by atoms with van der Waals surface area (Å²) >= 11 is 6.77. The Kier molecular flexibility index (Phi) is 5.64. The van der Waals surface area contributed by atoms with E-state index in [9.17, 15) is 4.79 Å². The number of rotatable bonds is 5. The van der Waals surface area contributed by atoms with Crippen molar-refractivity contribution in [2.45, 2.75) is 13.0 Å². The molecule has 2 aromatic carbocycles. The first-order valence-corrected chi connectivity index (χ1v) is 9.31. The van der Waals surface area contributed by atoms with Crippen molar-refractivity contribution in [2.75, 3.05) is 14.2 Å². The van der Waals surface area contributed by atoms with Crippen molar-refractivity contribution in [3.05, 3.63) is 64.6 Å². The summed E-state index contributed by atoms with van der Waals surface area (Å²) in [7, 11) is 3.19. The third kappa shape index (κ3) is 3.61. The van der Waals surface area contributed by atoms with Gasteiger partial charge in [-0.3, -0.25) is 9.69 Å². The van der Waals surface area contributed by atoms with E-state index in [1.165, 1.54) is 11.8 Å². The van der Waals surface area contributed by atoms with Gasteiger partial charge in [-0.1, -0.05) is 54.3 Å². The highest BCUT2D eigenvalue weighted by Crippen LogP contribution is 2.39. The molecule has 1 amide bonds. The van der Waals surface area contributed by atoms with Crippen LogP contribution in [-0.2, 0) is 4.79 Å². The molecule has 26 heavy (non-hydrogen) atoms. The maximum absolute atomic E-state index is 12.9. The summed E-state index contributed by atoms with van der Waals surface area (Å²) in [5, 5.41) is 0. The van der Waals surface area contributed by atoms with Gasteiger partial charge in [-0.05, 0) is 30.7 Å².